The monoisotopic (exact) mass is 764 g/mol. The van der Waals surface area contributed by atoms with Crippen molar-refractivity contribution < 1.29 is 48.6 Å². The summed E-state index contributed by atoms with van der Waals surface area (Å²) in [5.74, 6) is -2.22. The second-order valence-electron chi connectivity index (χ2n) is 17.1. The Morgan fingerprint density at radius 2 is 1.67 bits per heavy atom. The highest BCUT2D eigenvalue weighted by Crippen LogP contribution is 2.39. The number of anilines is 1. The number of likely N-dealkylation sites (N-methyl/N-ethyl adjacent to an activating group) is 1. The zero-order valence-electron chi connectivity index (χ0n) is 34.2. The Morgan fingerprint density at radius 3 is 2.28 bits per heavy atom. The van der Waals surface area contributed by atoms with E-state index in [1.807, 2.05) is 51.9 Å². The summed E-state index contributed by atoms with van der Waals surface area (Å²) in [6.07, 6.45) is -5.35. The summed E-state index contributed by atoms with van der Waals surface area (Å²) in [5.41, 5.74) is 4.93. The molecule has 4 rings (SSSR count). The predicted molar refractivity (Wildman–Crippen MR) is 204 cm³/mol. The number of amides is 2. The van der Waals surface area contributed by atoms with Gasteiger partial charge in [-0.3, -0.25) is 9.59 Å². The lowest BCUT2D eigenvalue weighted by Crippen LogP contribution is -2.61. The minimum atomic E-state index is -1.54. The van der Waals surface area contributed by atoms with E-state index in [1.165, 1.54) is 7.11 Å². The first kappa shape index (κ1) is 44.3. The van der Waals surface area contributed by atoms with Crippen molar-refractivity contribution in [2.24, 2.45) is 17.8 Å². The molecule has 3 heterocycles. The third-order valence-electron chi connectivity index (χ3n) is 11.9. The Hall–Kier alpha value is -2.40. The second kappa shape index (κ2) is 18.2. The van der Waals surface area contributed by atoms with Crippen LogP contribution in [0, 0.1) is 17.8 Å². The van der Waals surface area contributed by atoms with E-state index in [0.29, 0.717) is 25.1 Å². The average Bonchev–Trinajstić information content (AvgIpc) is 3.09. The molecule has 14 heteroatoms. The van der Waals surface area contributed by atoms with Gasteiger partial charge in [0.2, 0.25) is 11.8 Å². The fourth-order valence-electron chi connectivity index (χ4n) is 8.69. The van der Waals surface area contributed by atoms with Gasteiger partial charge in [-0.05, 0) is 84.7 Å². The number of aliphatic hydroxyl groups is 3. The number of hydrogen-bond donors (Lipinski definition) is 5. The fourth-order valence-corrected chi connectivity index (χ4v) is 8.69. The molecule has 0 unspecified atom stereocenters. The molecule has 1 aromatic carbocycles. The van der Waals surface area contributed by atoms with Crippen LogP contribution in [0.1, 0.15) is 79.7 Å². The maximum atomic E-state index is 14.4. The lowest BCUT2D eigenvalue weighted by molar-refractivity contribution is -0.317. The van der Waals surface area contributed by atoms with Crippen LogP contribution in [-0.4, -0.2) is 144 Å². The van der Waals surface area contributed by atoms with E-state index in [9.17, 15) is 24.9 Å². The molecule has 0 saturated carbocycles. The summed E-state index contributed by atoms with van der Waals surface area (Å²) in [6.45, 7) is 13.1. The van der Waals surface area contributed by atoms with Crippen molar-refractivity contribution in [3.8, 4) is 0 Å². The van der Waals surface area contributed by atoms with E-state index >= 15 is 0 Å². The van der Waals surface area contributed by atoms with Crippen LogP contribution in [0.15, 0.2) is 24.3 Å². The number of aliphatic hydroxyl groups excluding tert-OH is 2. The molecule has 0 aliphatic carbocycles. The van der Waals surface area contributed by atoms with Crippen molar-refractivity contribution in [3.63, 3.8) is 0 Å². The van der Waals surface area contributed by atoms with Gasteiger partial charge in [-0.2, -0.15) is 0 Å². The first-order valence-corrected chi connectivity index (χ1v) is 19.5. The van der Waals surface area contributed by atoms with Gasteiger partial charge in [0.05, 0.1) is 41.5 Å². The van der Waals surface area contributed by atoms with Crippen LogP contribution in [-0.2, 0) is 39.7 Å². The fraction of sp³-hybridized carbons (Fsp3) is 0.800. The number of methoxy groups -OCH3 is 1. The average molecular weight is 765 g/mol. The van der Waals surface area contributed by atoms with Gasteiger partial charge >= 0.3 is 0 Å². The van der Waals surface area contributed by atoms with Crippen LogP contribution in [0.5, 0.6) is 0 Å². The van der Waals surface area contributed by atoms with Gasteiger partial charge in [0, 0.05) is 57.2 Å². The van der Waals surface area contributed by atoms with Gasteiger partial charge in [-0.1, -0.05) is 32.9 Å². The van der Waals surface area contributed by atoms with Gasteiger partial charge in [0.1, 0.15) is 12.2 Å². The first-order valence-electron chi connectivity index (χ1n) is 19.5. The Bertz CT molecular complexity index is 1380. The summed E-state index contributed by atoms with van der Waals surface area (Å²) < 4.78 is 31.7. The number of nitrogens with one attached hydrogen (secondary N) is 1. The molecule has 308 valence electrons. The molecule has 3 aliphatic heterocycles. The van der Waals surface area contributed by atoms with E-state index in [0.717, 1.165) is 5.56 Å². The van der Waals surface area contributed by atoms with Gasteiger partial charge in [0.15, 0.2) is 12.6 Å². The summed E-state index contributed by atoms with van der Waals surface area (Å²) in [7, 11) is 7.04. The van der Waals surface area contributed by atoms with Crippen molar-refractivity contribution >= 4 is 17.5 Å². The Balaban J connectivity index is 1.78. The minimum Gasteiger partial charge on any atom is -0.399 e. The number of hydrogen-bond acceptors (Lipinski definition) is 12. The molecule has 15 atom stereocenters. The number of nitrogens with two attached hydrogens (primary N) is 1. The minimum absolute atomic E-state index is 0.0602. The summed E-state index contributed by atoms with van der Waals surface area (Å²) in [6, 6.07) is 6.55. The number of nitrogen functional groups attached to an aromatic ring is 1. The van der Waals surface area contributed by atoms with Crippen LogP contribution >= 0.6 is 0 Å². The number of ether oxygens (including phenoxy) is 5. The lowest BCUT2D eigenvalue weighted by atomic mass is 9.77. The predicted octanol–water partition coefficient (Wildman–Crippen LogP) is 2.30. The molecule has 0 aromatic heterocycles. The Kier molecular flexibility index (Phi) is 15.0. The molecular formula is C40H68N4O10. The van der Waals surface area contributed by atoms with Crippen LogP contribution in [0.25, 0.3) is 0 Å². The number of rotatable bonds is 8. The summed E-state index contributed by atoms with van der Waals surface area (Å²) in [4.78, 5) is 31.7. The van der Waals surface area contributed by atoms with Crippen LogP contribution < -0.4 is 11.1 Å². The molecule has 54 heavy (non-hydrogen) atoms. The standard InChI is InChI=1S/C40H68N4O10/c1-22-19-39(6,49)36(54-38-33(46)30(43(8)9)16-23(2)51-38)24(3)34(53-32-20-40(7,50-11)35(47)26(5)52-32)25(4)37(48)42-29(18-31(45)44(10)21-22)17-27-12-14-28(41)15-13-27/h12-15,22-26,29-30,32-36,38,46-47,49H,16-21,41H2,1-11H3,(H,42,48)/t22-,23-,24+,25-,26+,29-,30+,32+,33-,34+,35+,36-,38+,39-,40-/m1/s1. The molecule has 0 spiro atoms. The van der Waals surface area contributed by atoms with Gasteiger partial charge in [-0.15, -0.1) is 0 Å². The number of nitrogens with zero attached hydrogens (tertiary/aromatic N) is 2. The zero-order chi connectivity index (χ0) is 40.3. The van der Waals surface area contributed by atoms with Crippen molar-refractivity contribution in [3.05, 3.63) is 29.8 Å². The number of benzene rings is 1. The first-order chi connectivity index (χ1) is 25.1. The van der Waals surface area contributed by atoms with Crippen molar-refractivity contribution in [1.29, 1.82) is 0 Å². The SMILES string of the molecule is CO[C@]1(C)C[C@H](O[C@H]2[C@H](C)[C@@H](O[C@@H]3O[C@H](C)C[C@H](N(C)C)[C@H]3O)[C@](C)(O)C[C@@H](C)CN(C)C(=O)C[C@@H](Cc3ccc(N)cc3)NC(=O)[C@@H]2C)O[C@@H](C)[C@@H]1O. The Morgan fingerprint density at radius 1 is 1.02 bits per heavy atom. The molecule has 3 aliphatic rings. The molecule has 0 bridgehead atoms. The molecule has 6 N–H and O–H groups in total. The normalized spacial score (nSPS) is 42.1. The maximum absolute atomic E-state index is 14.4. The van der Waals surface area contributed by atoms with Gasteiger partial charge < -0.3 is 59.9 Å². The molecule has 3 fully saturated rings. The topological polar surface area (TPSA) is 186 Å². The van der Waals surface area contributed by atoms with E-state index < -0.39 is 72.2 Å². The van der Waals surface area contributed by atoms with E-state index in [4.69, 9.17) is 29.4 Å². The molecular weight excluding hydrogens is 696 g/mol. The highest BCUT2D eigenvalue weighted by Gasteiger charge is 2.51. The van der Waals surface area contributed by atoms with Gasteiger partial charge in [-0.25, -0.2) is 0 Å². The second-order valence-corrected chi connectivity index (χ2v) is 17.1. The van der Waals surface area contributed by atoms with Crippen LogP contribution in [0.3, 0.4) is 0 Å². The number of carbonyl (C=O) groups is 2. The third kappa shape index (κ3) is 10.7. The molecule has 14 nitrogen and oxygen atoms in total. The molecule has 3 saturated heterocycles. The third-order valence-corrected chi connectivity index (χ3v) is 11.9. The van der Waals surface area contributed by atoms with E-state index in [1.54, 1.807) is 51.8 Å². The molecule has 1 aromatic rings. The van der Waals surface area contributed by atoms with Gasteiger partial charge in [0.25, 0.3) is 0 Å². The van der Waals surface area contributed by atoms with E-state index in [-0.39, 0.29) is 49.1 Å². The smallest absolute Gasteiger partial charge is 0.225 e. The van der Waals surface area contributed by atoms with Crippen LogP contribution in [0.4, 0.5) is 5.69 Å². The molecule has 2 amide bonds. The quantitative estimate of drug-likeness (QED) is 0.244. The Labute approximate surface area is 322 Å². The largest absolute Gasteiger partial charge is 0.399 e. The van der Waals surface area contributed by atoms with Crippen molar-refractivity contribution in [2.45, 2.75) is 153 Å². The highest BCUT2D eigenvalue weighted by atomic mass is 16.7. The zero-order valence-corrected chi connectivity index (χ0v) is 34.2. The highest BCUT2D eigenvalue weighted by molar-refractivity contribution is 5.81. The van der Waals surface area contributed by atoms with Crippen molar-refractivity contribution in [1.82, 2.24) is 15.1 Å². The van der Waals surface area contributed by atoms with E-state index in [2.05, 4.69) is 5.32 Å². The van der Waals surface area contributed by atoms with Crippen molar-refractivity contribution in [2.75, 3.05) is 40.5 Å². The lowest BCUT2D eigenvalue weighted by Gasteiger charge is -2.49. The number of carbonyl (C=O) groups excluding carboxylic acids is 2. The van der Waals surface area contributed by atoms with Crippen LogP contribution in [0.2, 0.25) is 0 Å². The summed E-state index contributed by atoms with van der Waals surface area (Å²) in [5, 5.41) is 38.1. The molecule has 0 radical (unpaired) electrons. The summed E-state index contributed by atoms with van der Waals surface area (Å²) >= 11 is 0. The maximum Gasteiger partial charge on any atom is 0.225 e.